The summed E-state index contributed by atoms with van der Waals surface area (Å²) in [7, 11) is 0. The minimum atomic E-state index is -0.231. The Morgan fingerprint density at radius 2 is 0.618 bits per heavy atom. The van der Waals surface area contributed by atoms with Gasteiger partial charge in [0.2, 0.25) is 0 Å². The molecule has 3 aromatic carbocycles. The van der Waals surface area contributed by atoms with Gasteiger partial charge in [0.1, 0.15) is 0 Å². The fourth-order valence-corrected chi connectivity index (χ4v) is 4.96. The molecular formula is C34H45. The molecule has 0 heteroatoms. The van der Waals surface area contributed by atoms with Gasteiger partial charge < -0.3 is 0 Å². The lowest BCUT2D eigenvalue weighted by Crippen LogP contribution is -2.30. The first-order chi connectivity index (χ1) is 15.7. The van der Waals surface area contributed by atoms with Crippen LogP contribution in [0.25, 0.3) is 0 Å². The van der Waals surface area contributed by atoms with Gasteiger partial charge in [-0.15, -0.1) is 0 Å². The molecule has 0 saturated carbocycles. The number of benzene rings is 3. The first kappa shape index (κ1) is 26.3. The highest BCUT2D eigenvalue weighted by Gasteiger charge is 2.36. The second-order valence-corrected chi connectivity index (χ2v) is 13.0. The van der Waals surface area contributed by atoms with Crippen LogP contribution in [0.5, 0.6) is 0 Å². The van der Waals surface area contributed by atoms with Gasteiger partial charge in [-0.1, -0.05) is 148 Å². The predicted octanol–water partition coefficient (Wildman–Crippen LogP) is 9.53. The fraction of sp³-hybridized carbons (Fsp3) is 0.441. The topological polar surface area (TPSA) is 0 Å². The van der Waals surface area contributed by atoms with Gasteiger partial charge in [0.05, 0.1) is 0 Å². The first-order valence-electron chi connectivity index (χ1n) is 12.8. The van der Waals surface area contributed by atoms with Gasteiger partial charge in [0.15, 0.2) is 0 Å². The fourth-order valence-electron chi connectivity index (χ4n) is 4.96. The molecule has 0 aliphatic heterocycles. The second kappa shape index (κ2) is 9.37. The Kier molecular flexibility index (Phi) is 7.24. The molecule has 181 valence electrons. The normalized spacial score (nSPS) is 13.2. The third-order valence-electron chi connectivity index (χ3n) is 7.28. The van der Waals surface area contributed by atoms with Gasteiger partial charge in [0, 0.05) is 5.41 Å². The lowest BCUT2D eigenvalue weighted by atomic mass is 9.65. The average molecular weight is 454 g/mol. The van der Waals surface area contributed by atoms with Crippen molar-refractivity contribution in [2.24, 2.45) is 0 Å². The molecule has 1 radical (unpaired) electrons. The Morgan fingerprint density at radius 1 is 0.412 bits per heavy atom. The number of hydrogen-bond donors (Lipinski definition) is 0. The molecule has 0 nitrogen and oxygen atoms in total. The zero-order valence-corrected chi connectivity index (χ0v) is 23.0. The van der Waals surface area contributed by atoms with Crippen molar-refractivity contribution in [2.45, 2.75) is 96.8 Å². The van der Waals surface area contributed by atoms with E-state index in [0.29, 0.717) is 0 Å². The van der Waals surface area contributed by atoms with Crippen LogP contribution in [-0.2, 0) is 21.7 Å². The maximum Gasteiger partial charge on any atom is 0.0451 e. The van der Waals surface area contributed by atoms with E-state index in [2.05, 4.69) is 142 Å². The molecule has 34 heavy (non-hydrogen) atoms. The molecule has 0 fully saturated rings. The van der Waals surface area contributed by atoms with Crippen molar-refractivity contribution < 1.29 is 0 Å². The summed E-state index contributed by atoms with van der Waals surface area (Å²) in [5, 5.41) is 0. The van der Waals surface area contributed by atoms with E-state index in [1.807, 2.05) is 0 Å². The van der Waals surface area contributed by atoms with E-state index < -0.39 is 0 Å². The molecular weight excluding hydrogens is 408 g/mol. The van der Waals surface area contributed by atoms with E-state index in [-0.39, 0.29) is 21.7 Å². The summed E-state index contributed by atoms with van der Waals surface area (Å²) >= 11 is 0. The Balaban J connectivity index is 2.26. The average Bonchev–Trinajstić information content (AvgIpc) is 2.76. The molecule has 0 unspecified atom stereocenters. The van der Waals surface area contributed by atoms with Crippen molar-refractivity contribution in [3.05, 3.63) is 113 Å². The van der Waals surface area contributed by atoms with Crippen LogP contribution in [0, 0.1) is 6.92 Å². The molecule has 0 heterocycles. The van der Waals surface area contributed by atoms with Crippen molar-refractivity contribution in [2.75, 3.05) is 0 Å². The van der Waals surface area contributed by atoms with Crippen LogP contribution < -0.4 is 0 Å². The monoisotopic (exact) mass is 453 g/mol. The van der Waals surface area contributed by atoms with E-state index >= 15 is 0 Å². The van der Waals surface area contributed by atoms with Crippen molar-refractivity contribution in [3.8, 4) is 0 Å². The number of rotatable bonds is 5. The summed E-state index contributed by atoms with van der Waals surface area (Å²) in [6, 6.07) is 28.0. The highest BCUT2D eigenvalue weighted by Crippen LogP contribution is 2.44. The molecule has 0 saturated heterocycles. The second-order valence-electron chi connectivity index (χ2n) is 13.0. The lowest BCUT2D eigenvalue weighted by molar-refractivity contribution is 0.554. The number of hydrogen-bond acceptors (Lipinski definition) is 0. The summed E-state index contributed by atoms with van der Waals surface area (Å²) < 4.78 is 0. The molecule has 0 aliphatic carbocycles. The van der Waals surface area contributed by atoms with Crippen molar-refractivity contribution in [1.82, 2.24) is 0 Å². The van der Waals surface area contributed by atoms with Crippen molar-refractivity contribution >= 4 is 0 Å². The minimum Gasteiger partial charge on any atom is -0.0582 e. The Labute approximate surface area is 209 Å². The molecule has 0 amide bonds. The largest absolute Gasteiger partial charge is 0.0582 e. The standard InChI is InChI=1S/C34H45/c1-11-24-34(28-18-12-25(13-19-28)31(2,3)4,29-20-14-26(15-21-29)32(5,6)7)30-22-16-27(17-23-30)33(8,9)10/h12-23H,1,11,24H2,2-10H3. The zero-order valence-electron chi connectivity index (χ0n) is 23.0. The van der Waals surface area contributed by atoms with Gasteiger partial charge >= 0.3 is 0 Å². The molecule has 0 aliphatic rings. The van der Waals surface area contributed by atoms with Crippen LogP contribution in [0.1, 0.15) is 109 Å². The lowest BCUT2D eigenvalue weighted by Gasteiger charge is -2.37. The van der Waals surface area contributed by atoms with Gasteiger partial charge in [-0.25, -0.2) is 0 Å². The third kappa shape index (κ3) is 5.32. The van der Waals surface area contributed by atoms with Crippen molar-refractivity contribution in [3.63, 3.8) is 0 Å². The molecule has 0 aromatic heterocycles. The van der Waals surface area contributed by atoms with Gasteiger partial charge in [0.25, 0.3) is 0 Å². The van der Waals surface area contributed by atoms with Gasteiger partial charge in [-0.3, -0.25) is 0 Å². The summed E-state index contributed by atoms with van der Waals surface area (Å²) in [4.78, 5) is 0. The van der Waals surface area contributed by atoms with Crippen LogP contribution in [0.15, 0.2) is 72.8 Å². The molecule has 0 N–H and O–H groups in total. The minimum absolute atomic E-state index is 0.135. The van der Waals surface area contributed by atoms with E-state index in [1.165, 1.54) is 33.4 Å². The van der Waals surface area contributed by atoms with Crippen molar-refractivity contribution in [1.29, 1.82) is 0 Å². The van der Waals surface area contributed by atoms with Crippen LogP contribution in [0.4, 0.5) is 0 Å². The van der Waals surface area contributed by atoms with E-state index in [1.54, 1.807) is 0 Å². The molecule has 0 atom stereocenters. The van der Waals surface area contributed by atoms with Crippen LogP contribution in [0.2, 0.25) is 0 Å². The Morgan fingerprint density at radius 3 is 0.794 bits per heavy atom. The predicted molar refractivity (Wildman–Crippen MR) is 150 cm³/mol. The molecule has 0 spiro atoms. The molecule has 3 aromatic rings. The van der Waals surface area contributed by atoms with Crippen LogP contribution in [0.3, 0.4) is 0 Å². The van der Waals surface area contributed by atoms with E-state index in [9.17, 15) is 0 Å². The summed E-state index contributed by atoms with van der Waals surface area (Å²) in [6.07, 6.45) is 1.83. The van der Waals surface area contributed by atoms with Gasteiger partial charge in [-0.05, 0) is 56.0 Å². The summed E-state index contributed by atoms with van der Waals surface area (Å²) in [5.74, 6) is 0. The molecule has 0 bridgehead atoms. The highest BCUT2D eigenvalue weighted by molar-refractivity contribution is 5.52. The SMILES string of the molecule is [CH2]CCC(c1ccc(C(C)(C)C)cc1)(c1ccc(C(C)(C)C)cc1)c1ccc(C(C)(C)C)cc1. The van der Waals surface area contributed by atoms with Crippen LogP contribution in [-0.4, -0.2) is 0 Å². The quantitative estimate of drug-likeness (QED) is 0.337. The third-order valence-corrected chi connectivity index (χ3v) is 7.28. The van der Waals surface area contributed by atoms with Gasteiger partial charge in [-0.2, -0.15) is 0 Å². The van der Waals surface area contributed by atoms with E-state index in [4.69, 9.17) is 0 Å². The Bertz CT molecular complexity index is 918. The highest BCUT2D eigenvalue weighted by atomic mass is 14.4. The molecule has 3 rings (SSSR count). The summed E-state index contributed by atoms with van der Waals surface area (Å²) in [6.45, 7) is 24.8. The zero-order chi connectivity index (χ0) is 25.4. The first-order valence-corrected chi connectivity index (χ1v) is 12.8. The summed E-state index contributed by atoms with van der Waals surface area (Å²) in [5.41, 5.74) is 8.31. The Hall–Kier alpha value is -2.34. The van der Waals surface area contributed by atoms with Crippen LogP contribution >= 0.6 is 0 Å². The maximum atomic E-state index is 4.32. The van der Waals surface area contributed by atoms with E-state index in [0.717, 1.165) is 12.8 Å². The maximum absolute atomic E-state index is 4.32. The smallest absolute Gasteiger partial charge is 0.0451 e.